The van der Waals surface area contributed by atoms with Gasteiger partial charge in [0.1, 0.15) is 11.8 Å². The highest BCUT2D eigenvalue weighted by molar-refractivity contribution is 7.89. The fourth-order valence-electron chi connectivity index (χ4n) is 3.71. The molecule has 2 amide bonds. The van der Waals surface area contributed by atoms with Gasteiger partial charge in [-0.3, -0.25) is 9.59 Å². The van der Waals surface area contributed by atoms with E-state index in [0.717, 1.165) is 11.3 Å². The summed E-state index contributed by atoms with van der Waals surface area (Å²) in [6, 6.07) is 10.6. The van der Waals surface area contributed by atoms with Crippen LogP contribution in [0.4, 0.5) is 11.4 Å². The Morgan fingerprint density at radius 3 is 2.41 bits per heavy atom. The smallest absolute Gasteiger partial charge is 0.242 e. The molecule has 8 nitrogen and oxygen atoms in total. The number of hydrogen-bond acceptors (Lipinski definition) is 5. The summed E-state index contributed by atoms with van der Waals surface area (Å²) in [4.78, 5) is 26.4. The molecular formula is C23H29N3O5S. The lowest BCUT2D eigenvalue weighted by Gasteiger charge is -2.21. The summed E-state index contributed by atoms with van der Waals surface area (Å²) >= 11 is 0. The molecule has 0 radical (unpaired) electrons. The zero-order valence-electron chi connectivity index (χ0n) is 18.7. The molecule has 0 saturated carbocycles. The molecule has 0 aliphatic carbocycles. The lowest BCUT2D eigenvalue weighted by Crippen LogP contribution is -2.44. The molecule has 2 aromatic rings. The van der Waals surface area contributed by atoms with Gasteiger partial charge in [-0.25, -0.2) is 8.42 Å². The number of sulfonamides is 1. The monoisotopic (exact) mass is 459 g/mol. The van der Waals surface area contributed by atoms with Crippen molar-refractivity contribution in [2.75, 3.05) is 23.9 Å². The molecule has 1 heterocycles. The quantitative estimate of drug-likeness (QED) is 0.632. The van der Waals surface area contributed by atoms with E-state index >= 15 is 0 Å². The minimum Gasteiger partial charge on any atom is -0.497 e. The summed E-state index contributed by atoms with van der Waals surface area (Å²) in [5.74, 6) is 0.233. The third-order valence-electron chi connectivity index (χ3n) is 5.32. The summed E-state index contributed by atoms with van der Waals surface area (Å²) in [7, 11) is -2.39. The predicted molar refractivity (Wildman–Crippen MR) is 123 cm³/mol. The Labute approximate surface area is 189 Å². The van der Waals surface area contributed by atoms with Crippen molar-refractivity contribution >= 4 is 33.2 Å². The second kappa shape index (κ2) is 9.70. The number of fused-ring (bicyclic) bond motifs is 1. The molecule has 2 N–H and O–H groups in total. The second-order valence-corrected chi connectivity index (χ2v) is 9.95. The fraction of sp³-hybridized carbons (Fsp3) is 0.391. The molecule has 9 heteroatoms. The van der Waals surface area contributed by atoms with Gasteiger partial charge in [-0.15, -0.1) is 0 Å². The van der Waals surface area contributed by atoms with E-state index in [-0.39, 0.29) is 16.7 Å². The SMILES string of the molecule is COc1ccc(NC(=O)[C@@H](CC(C)C)NS(=O)(=O)c2ccc3c(c2)CCN3C(C)=O)cc1. The maximum absolute atomic E-state index is 13.1. The van der Waals surface area contributed by atoms with Crippen molar-refractivity contribution in [1.82, 2.24) is 4.72 Å². The van der Waals surface area contributed by atoms with Crippen molar-refractivity contribution < 1.29 is 22.7 Å². The van der Waals surface area contributed by atoms with Gasteiger partial charge in [-0.05, 0) is 66.8 Å². The highest BCUT2D eigenvalue weighted by Crippen LogP contribution is 2.30. The molecule has 0 unspecified atom stereocenters. The van der Waals surface area contributed by atoms with Gasteiger partial charge in [0.15, 0.2) is 0 Å². The summed E-state index contributed by atoms with van der Waals surface area (Å²) < 4.78 is 33.9. The van der Waals surface area contributed by atoms with Gasteiger partial charge in [-0.1, -0.05) is 13.8 Å². The molecule has 0 saturated heterocycles. The van der Waals surface area contributed by atoms with Crippen LogP contribution in [-0.4, -0.2) is 39.9 Å². The Hall–Kier alpha value is -2.91. The number of ether oxygens (including phenoxy) is 1. The van der Waals surface area contributed by atoms with Crippen molar-refractivity contribution in [1.29, 1.82) is 0 Å². The Kier molecular flexibility index (Phi) is 7.20. The van der Waals surface area contributed by atoms with Gasteiger partial charge in [-0.2, -0.15) is 4.72 Å². The van der Waals surface area contributed by atoms with Crippen LogP contribution in [0.5, 0.6) is 5.75 Å². The topological polar surface area (TPSA) is 105 Å². The van der Waals surface area contributed by atoms with Crippen LogP contribution >= 0.6 is 0 Å². The molecule has 0 bridgehead atoms. The third kappa shape index (κ3) is 5.46. The van der Waals surface area contributed by atoms with Crippen molar-refractivity contribution in [3.8, 4) is 5.75 Å². The van der Waals surface area contributed by atoms with Gasteiger partial charge in [0.2, 0.25) is 21.8 Å². The number of methoxy groups -OCH3 is 1. The van der Waals surface area contributed by atoms with Gasteiger partial charge >= 0.3 is 0 Å². The first kappa shape index (κ1) is 23.7. The van der Waals surface area contributed by atoms with Crippen LogP contribution in [0.25, 0.3) is 0 Å². The number of carbonyl (C=O) groups is 2. The number of carbonyl (C=O) groups excluding carboxylic acids is 2. The third-order valence-corrected chi connectivity index (χ3v) is 6.78. The molecule has 0 fully saturated rings. The Morgan fingerprint density at radius 1 is 1.12 bits per heavy atom. The average Bonchev–Trinajstić information content (AvgIpc) is 3.17. The van der Waals surface area contributed by atoms with Crippen molar-refractivity contribution in [2.45, 2.75) is 44.6 Å². The van der Waals surface area contributed by atoms with E-state index in [1.165, 1.54) is 13.0 Å². The molecule has 32 heavy (non-hydrogen) atoms. The Bertz CT molecular complexity index is 1100. The van der Waals surface area contributed by atoms with E-state index in [1.54, 1.807) is 48.4 Å². The maximum atomic E-state index is 13.1. The van der Waals surface area contributed by atoms with Crippen molar-refractivity contribution in [3.05, 3.63) is 48.0 Å². The minimum absolute atomic E-state index is 0.0765. The molecule has 3 rings (SSSR count). The average molecular weight is 460 g/mol. The first-order chi connectivity index (χ1) is 15.1. The number of nitrogens with zero attached hydrogens (tertiary/aromatic N) is 1. The van der Waals surface area contributed by atoms with Gasteiger partial charge in [0, 0.05) is 24.8 Å². The van der Waals surface area contributed by atoms with Gasteiger partial charge in [0.25, 0.3) is 0 Å². The lowest BCUT2D eigenvalue weighted by molar-refractivity contribution is -0.118. The maximum Gasteiger partial charge on any atom is 0.242 e. The first-order valence-electron chi connectivity index (χ1n) is 10.5. The highest BCUT2D eigenvalue weighted by Gasteiger charge is 2.29. The van der Waals surface area contributed by atoms with Crippen LogP contribution in [0.3, 0.4) is 0 Å². The predicted octanol–water partition coefficient (Wildman–Crippen LogP) is 2.94. The number of rotatable bonds is 8. The molecule has 1 aliphatic heterocycles. The molecule has 1 atom stereocenters. The largest absolute Gasteiger partial charge is 0.497 e. The van der Waals surface area contributed by atoms with Gasteiger partial charge < -0.3 is 15.0 Å². The Balaban J connectivity index is 1.79. The summed E-state index contributed by atoms with van der Waals surface area (Å²) in [6.45, 7) is 5.86. The number of nitrogens with one attached hydrogen (secondary N) is 2. The van der Waals surface area contributed by atoms with E-state index in [4.69, 9.17) is 4.74 Å². The number of amides is 2. The van der Waals surface area contributed by atoms with Gasteiger partial charge in [0.05, 0.1) is 12.0 Å². The standard InChI is InChI=1S/C23H29N3O5S/c1-15(2)13-21(23(28)24-18-5-7-19(31-4)8-6-18)25-32(29,30)20-9-10-22-17(14-20)11-12-26(22)16(3)27/h5-10,14-15,21,25H,11-13H2,1-4H3,(H,24,28)/t21-/m1/s1. The molecule has 172 valence electrons. The molecule has 0 spiro atoms. The van der Waals surface area contributed by atoms with E-state index in [1.807, 2.05) is 13.8 Å². The first-order valence-corrected chi connectivity index (χ1v) is 12.0. The van der Waals surface area contributed by atoms with Crippen molar-refractivity contribution in [2.24, 2.45) is 5.92 Å². The zero-order valence-corrected chi connectivity index (χ0v) is 19.5. The minimum atomic E-state index is -3.95. The normalized spacial score (nSPS) is 14.2. The molecular weight excluding hydrogens is 430 g/mol. The number of benzene rings is 2. The number of hydrogen-bond donors (Lipinski definition) is 2. The van der Waals surface area contributed by atoms with E-state index < -0.39 is 22.0 Å². The van der Waals surface area contributed by atoms with E-state index in [9.17, 15) is 18.0 Å². The van der Waals surface area contributed by atoms with E-state index in [2.05, 4.69) is 10.0 Å². The van der Waals surface area contributed by atoms with Crippen LogP contribution in [0.15, 0.2) is 47.4 Å². The van der Waals surface area contributed by atoms with E-state index in [0.29, 0.717) is 30.8 Å². The van der Waals surface area contributed by atoms with Crippen LogP contribution in [0.1, 0.15) is 32.8 Å². The van der Waals surface area contributed by atoms with Crippen LogP contribution in [-0.2, 0) is 26.0 Å². The van der Waals surface area contributed by atoms with Crippen LogP contribution in [0, 0.1) is 5.92 Å². The summed E-state index contributed by atoms with van der Waals surface area (Å²) in [5, 5.41) is 2.77. The highest BCUT2D eigenvalue weighted by atomic mass is 32.2. The lowest BCUT2D eigenvalue weighted by atomic mass is 10.0. The molecule has 0 aromatic heterocycles. The second-order valence-electron chi connectivity index (χ2n) is 8.23. The van der Waals surface area contributed by atoms with Crippen molar-refractivity contribution in [3.63, 3.8) is 0 Å². The summed E-state index contributed by atoms with van der Waals surface area (Å²) in [5.41, 5.74) is 2.07. The van der Waals surface area contributed by atoms with Crippen LogP contribution < -0.4 is 19.7 Å². The molecule has 1 aliphatic rings. The summed E-state index contributed by atoms with van der Waals surface area (Å²) in [6.07, 6.45) is 0.927. The number of anilines is 2. The zero-order chi connectivity index (χ0) is 23.5. The molecule has 2 aromatic carbocycles. The van der Waals surface area contributed by atoms with Crippen LogP contribution in [0.2, 0.25) is 0 Å². The fourth-order valence-corrected chi connectivity index (χ4v) is 4.97. The Morgan fingerprint density at radius 2 is 1.81 bits per heavy atom.